The second-order valence-electron chi connectivity index (χ2n) is 5.03. The summed E-state index contributed by atoms with van der Waals surface area (Å²) in [7, 11) is 2.03. The Kier molecular flexibility index (Phi) is 3.83. The van der Waals surface area contributed by atoms with Crippen LogP contribution in [-0.2, 0) is 13.1 Å². The molecule has 0 radical (unpaired) electrons. The molecule has 6 nitrogen and oxygen atoms in total. The Bertz CT molecular complexity index is 747. The third kappa shape index (κ3) is 2.73. The Morgan fingerprint density at radius 3 is 3.00 bits per heavy atom. The van der Waals surface area contributed by atoms with Crippen molar-refractivity contribution in [3.63, 3.8) is 0 Å². The van der Waals surface area contributed by atoms with E-state index in [-0.39, 0.29) is 0 Å². The summed E-state index contributed by atoms with van der Waals surface area (Å²) in [6.07, 6.45) is 2.86. The molecule has 3 aromatic heterocycles. The van der Waals surface area contributed by atoms with Crippen molar-refractivity contribution >= 4 is 27.4 Å². The maximum absolute atomic E-state index is 4.59. The fourth-order valence-corrected chi connectivity index (χ4v) is 3.15. The average Bonchev–Trinajstić information content (AvgIpc) is 3.07. The summed E-state index contributed by atoms with van der Waals surface area (Å²) in [5.74, 6) is 2.70. The molecule has 0 spiro atoms. The van der Waals surface area contributed by atoms with Crippen LogP contribution >= 0.6 is 11.3 Å². The lowest BCUT2D eigenvalue weighted by atomic mass is 10.3. The van der Waals surface area contributed by atoms with Crippen LogP contribution in [0.15, 0.2) is 17.8 Å². The Morgan fingerprint density at radius 2 is 2.19 bits per heavy atom. The maximum atomic E-state index is 4.59. The van der Waals surface area contributed by atoms with Gasteiger partial charge in [0.25, 0.3) is 0 Å². The van der Waals surface area contributed by atoms with Gasteiger partial charge in [-0.3, -0.25) is 0 Å². The minimum Gasteiger partial charge on any atom is -0.351 e. The van der Waals surface area contributed by atoms with Crippen LogP contribution in [-0.4, -0.2) is 31.8 Å². The van der Waals surface area contributed by atoms with Crippen LogP contribution in [0.5, 0.6) is 0 Å². The van der Waals surface area contributed by atoms with Gasteiger partial charge in [0.05, 0.1) is 11.9 Å². The Balaban J connectivity index is 1.91. The highest BCUT2D eigenvalue weighted by Crippen LogP contribution is 2.27. The monoisotopic (exact) mass is 302 g/mol. The molecule has 0 aliphatic carbocycles. The van der Waals surface area contributed by atoms with E-state index in [0.717, 1.165) is 40.6 Å². The van der Waals surface area contributed by atoms with Crippen LogP contribution in [0.2, 0.25) is 0 Å². The quantitative estimate of drug-likeness (QED) is 0.725. The summed E-state index contributed by atoms with van der Waals surface area (Å²) < 4.78 is 2.09. The molecule has 0 aliphatic rings. The summed E-state index contributed by atoms with van der Waals surface area (Å²) in [5, 5.41) is 11.4. The molecule has 0 aliphatic heterocycles. The molecule has 0 unspecified atom stereocenters. The van der Waals surface area contributed by atoms with Crippen molar-refractivity contribution in [2.24, 2.45) is 0 Å². The van der Waals surface area contributed by atoms with Crippen molar-refractivity contribution in [2.45, 2.75) is 33.4 Å². The van der Waals surface area contributed by atoms with E-state index in [4.69, 9.17) is 0 Å². The molecule has 0 N–H and O–H groups in total. The van der Waals surface area contributed by atoms with Crippen LogP contribution in [0, 0.1) is 6.92 Å². The van der Waals surface area contributed by atoms with Crippen LogP contribution in [0.25, 0.3) is 10.2 Å². The van der Waals surface area contributed by atoms with Crippen LogP contribution in [0.4, 0.5) is 5.82 Å². The van der Waals surface area contributed by atoms with Gasteiger partial charge in [0.1, 0.15) is 22.8 Å². The molecule has 0 atom stereocenters. The summed E-state index contributed by atoms with van der Waals surface area (Å²) in [5.41, 5.74) is 0. The van der Waals surface area contributed by atoms with Crippen LogP contribution in [0.1, 0.15) is 25.0 Å². The van der Waals surface area contributed by atoms with Gasteiger partial charge in [0.2, 0.25) is 0 Å². The summed E-state index contributed by atoms with van der Waals surface area (Å²) >= 11 is 1.64. The van der Waals surface area contributed by atoms with Gasteiger partial charge >= 0.3 is 0 Å². The van der Waals surface area contributed by atoms with E-state index < -0.39 is 0 Å². The SMILES string of the molecule is CCCn1cnnc1CN(C)c1nc(C)nc2sccc12. The minimum atomic E-state index is 0.682. The Hall–Kier alpha value is -2.02. The second-order valence-corrected chi connectivity index (χ2v) is 5.93. The zero-order valence-electron chi connectivity index (χ0n) is 12.4. The third-order valence-corrected chi connectivity index (χ3v) is 4.12. The minimum absolute atomic E-state index is 0.682. The van der Waals surface area contributed by atoms with E-state index in [1.807, 2.05) is 14.0 Å². The molecular formula is C14H18N6S. The number of aromatic nitrogens is 5. The predicted molar refractivity (Wildman–Crippen MR) is 84.6 cm³/mol. The zero-order chi connectivity index (χ0) is 14.8. The summed E-state index contributed by atoms with van der Waals surface area (Å²) in [4.78, 5) is 12.2. The smallest absolute Gasteiger partial charge is 0.152 e. The number of rotatable bonds is 5. The van der Waals surface area contributed by atoms with Crippen molar-refractivity contribution in [1.82, 2.24) is 24.7 Å². The molecule has 110 valence electrons. The molecule has 3 rings (SSSR count). The van der Waals surface area contributed by atoms with Gasteiger partial charge in [-0.05, 0) is 24.8 Å². The highest BCUT2D eigenvalue weighted by molar-refractivity contribution is 7.16. The fraction of sp³-hybridized carbons (Fsp3) is 0.429. The van der Waals surface area contributed by atoms with E-state index >= 15 is 0 Å². The van der Waals surface area contributed by atoms with Gasteiger partial charge < -0.3 is 9.47 Å². The van der Waals surface area contributed by atoms with Gasteiger partial charge in [-0.2, -0.15) is 0 Å². The standard InChI is InChI=1S/C14H18N6S/c1-4-6-20-9-15-18-12(20)8-19(3)13-11-5-7-21-14(11)17-10(2)16-13/h5,7,9H,4,6,8H2,1-3H3. The molecule has 3 heterocycles. The molecular weight excluding hydrogens is 284 g/mol. The van der Waals surface area contributed by atoms with E-state index in [9.17, 15) is 0 Å². The van der Waals surface area contributed by atoms with Gasteiger partial charge in [-0.25, -0.2) is 9.97 Å². The first-order valence-electron chi connectivity index (χ1n) is 6.98. The number of anilines is 1. The molecule has 0 bridgehead atoms. The predicted octanol–water partition coefficient (Wildman–Crippen LogP) is 2.64. The molecule has 0 amide bonds. The van der Waals surface area contributed by atoms with Gasteiger partial charge in [0.15, 0.2) is 5.82 Å². The molecule has 3 aromatic rings. The first-order chi connectivity index (χ1) is 10.2. The highest BCUT2D eigenvalue weighted by Gasteiger charge is 2.14. The lowest BCUT2D eigenvalue weighted by Crippen LogP contribution is -2.21. The molecule has 0 aromatic carbocycles. The number of nitrogens with zero attached hydrogens (tertiary/aromatic N) is 6. The topological polar surface area (TPSA) is 59.7 Å². The molecule has 0 saturated carbocycles. The van der Waals surface area contributed by atoms with Crippen molar-refractivity contribution in [1.29, 1.82) is 0 Å². The molecule has 0 fully saturated rings. The van der Waals surface area contributed by atoms with Crippen LogP contribution in [0.3, 0.4) is 0 Å². The van der Waals surface area contributed by atoms with Gasteiger partial charge in [-0.15, -0.1) is 21.5 Å². The zero-order valence-corrected chi connectivity index (χ0v) is 13.3. The largest absolute Gasteiger partial charge is 0.351 e. The van der Waals surface area contributed by atoms with Crippen molar-refractivity contribution in [3.8, 4) is 0 Å². The number of aryl methyl sites for hydroxylation is 2. The fourth-order valence-electron chi connectivity index (χ4n) is 2.35. The van der Waals surface area contributed by atoms with Crippen molar-refractivity contribution < 1.29 is 0 Å². The number of fused-ring (bicyclic) bond motifs is 1. The normalized spacial score (nSPS) is 11.2. The van der Waals surface area contributed by atoms with Crippen molar-refractivity contribution in [3.05, 3.63) is 29.4 Å². The summed E-state index contributed by atoms with van der Waals surface area (Å²) in [6, 6.07) is 2.07. The lowest BCUT2D eigenvalue weighted by Gasteiger charge is -2.19. The maximum Gasteiger partial charge on any atom is 0.152 e. The first-order valence-corrected chi connectivity index (χ1v) is 7.86. The lowest BCUT2D eigenvalue weighted by molar-refractivity contribution is 0.630. The van der Waals surface area contributed by atoms with E-state index in [2.05, 4.69) is 48.0 Å². The molecule has 0 saturated heterocycles. The van der Waals surface area contributed by atoms with Gasteiger partial charge in [-0.1, -0.05) is 6.92 Å². The third-order valence-electron chi connectivity index (χ3n) is 3.32. The van der Waals surface area contributed by atoms with E-state index in [1.54, 1.807) is 17.7 Å². The van der Waals surface area contributed by atoms with E-state index in [0.29, 0.717) is 6.54 Å². The molecule has 21 heavy (non-hydrogen) atoms. The first kappa shape index (κ1) is 13.9. The number of hydrogen-bond donors (Lipinski definition) is 0. The Labute approximate surface area is 127 Å². The second kappa shape index (κ2) is 5.77. The Morgan fingerprint density at radius 1 is 1.33 bits per heavy atom. The van der Waals surface area contributed by atoms with Crippen molar-refractivity contribution in [2.75, 3.05) is 11.9 Å². The van der Waals surface area contributed by atoms with Crippen LogP contribution < -0.4 is 4.90 Å². The highest BCUT2D eigenvalue weighted by atomic mass is 32.1. The average molecular weight is 302 g/mol. The molecule has 7 heteroatoms. The number of thiophene rings is 1. The van der Waals surface area contributed by atoms with E-state index in [1.165, 1.54) is 0 Å². The summed E-state index contributed by atoms with van der Waals surface area (Å²) in [6.45, 7) is 5.69. The number of hydrogen-bond acceptors (Lipinski definition) is 6. The van der Waals surface area contributed by atoms with Gasteiger partial charge in [0, 0.05) is 13.6 Å².